The summed E-state index contributed by atoms with van der Waals surface area (Å²) in [6.45, 7) is 3.04. The van der Waals surface area contributed by atoms with Crippen LogP contribution in [0.3, 0.4) is 0 Å². The Morgan fingerprint density at radius 2 is 1.88 bits per heavy atom. The van der Waals surface area contributed by atoms with Crippen molar-refractivity contribution in [1.29, 1.82) is 0 Å². The van der Waals surface area contributed by atoms with Gasteiger partial charge in [0, 0.05) is 37.8 Å². The number of carbonyl (C=O) groups excluding carboxylic acids is 1. The van der Waals surface area contributed by atoms with E-state index in [-0.39, 0.29) is 11.8 Å². The Morgan fingerprint density at radius 3 is 2.68 bits per heavy atom. The molecule has 2 saturated heterocycles. The van der Waals surface area contributed by atoms with Gasteiger partial charge in [0.1, 0.15) is 5.82 Å². The fraction of sp³-hybridized carbons (Fsp3) is 0.400. The number of nitrogens with one attached hydrogen (secondary N) is 1. The Hall–Kier alpha value is -3.04. The van der Waals surface area contributed by atoms with E-state index in [9.17, 15) is 13.2 Å². The van der Waals surface area contributed by atoms with Gasteiger partial charge in [0.05, 0.1) is 28.6 Å². The average Bonchev–Trinajstić information content (AvgIpc) is 3.43. The molecule has 9 heteroatoms. The molecule has 5 rings (SSSR count). The highest BCUT2D eigenvalue weighted by Crippen LogP contribution is 2.27. The fourth-order valence-corrected chi connectivity index (χ4v) is 6.28. The molecule has 8 nitrogen and oxygen atoms in total. The second kappa shape index (κ2) is 9.68. The molecule has 0 spiro atoms. The lowest BCUT2D eigenvalue weighted by Gasteiger charge is -2.33. The van der Waals surface area contributed by atoms with Gasteiger partial charge >= 0.3 is 0 Å². The van der Waals surface area contributed by atoms with E-state index in [1.807, 2.05) is 30.3 Å². The Bertz CT molecular complexity index is 1280. The number of benzene rings is 1. The maximum atomic E-state index is 12.9. The first-order chi connectivity index (χ1) is 16.5. The lowest BCUT2D eigenvalue weighted by atomic mass is 9.97. The van der Waals surface area contributed by atoms with Gasteiger partial charge < -0.3 is 10.2 Å². The molecule has 178 valence electrons. The van der Waals surface area contributed by atoms with Gasteiger partial charge in [0.25, 0.3) is 0 Å². The Balaban J connectivity index is 1.28. The molecule has 2 fully saturated rings. The molecule has 2 aliphatic heterocycles. The van der Waals surface area contributed by atoms with Gasteiger partial charge in [0.2, 0.25) is 15.9 Å². The molecule has 0 bridgehead atoms. The van der Waals surface area contributed by atoms with Crippen molar-refractivity contribution in [3.05, 3.63) is 60.4 Å². The standard InChI is InChI=1S/C25H29N5O3S/c31-25(27-17-21-7-1-2-12-26-21)20-6-5-13-29(18-20)24-11-8-19-16-22(9-10-23(19)28-24)34(32,33)30-14-3-4-15-30/h1-2,7-12,16,20H,3-6,13-15,17-18H2,(H,27,31)/t20-/m0/s1. The summed E-state index contributed by atoms with van der Waals surface area (Å²) in [6, 6.07) is 14.6. The van der Waals surface area contributed by atoms with E-state index in [0.717, 1.165) is 54.6 Å². The number of piperidine rings is 1. The molecule has 0 unspecified atom stereocenters. The van der Waals surface area contributed by atoms with Crippen LogP contribution in [-0.4, -0.2) is 54.8 Å². The number of sulfonamides is 1. The molecule has 0 radical (unpaired) electrons. The topological polar surface area (TPSA) is 95.5 Å². The van der Waals surface area contributed by atoms with Crippen molar-refractivity contribution in [1.82, 2.24) is 19.6 Å². The number of carbonyl (C=O) groups is 1. The third-order valence-corrected chi connectivity index (χ3v) is 8.53. The van der Waals surface area contributed by atoms with Crippen LogP contribution in [0.4, 0.5) is 5.82 Å². The predicted molar refractivity (Wildman–Crippen MR) is 131 cm³/mol. The molecule has 3 aromatic rings. The van der Waals surface area contributed by atoms with Crippen molar-refractivity contribution < 1.29 is 13.2 Å². The number of nitrogens with zero attached hydrogens (tertiary/aromatic N) is 4. The third kappa shape index (κ3) is 4.76. The zero-order valence-corrected chi connectivity index (χ0v) is 19.9. The van der Waals surface area contributed by atoms with Gasteiger partial charge in [-0.3, -0.25) is 9.78 Å². The van der Waals surface area contributed by atoms with Crippen LogP contribution in [0, 0.1) is 5.92 Å². The molecule has 0 saturated carbocycles. The molecule has 2 aliphatic rings. The van der Waals surface area contributed by atoms with Crippen molar-refractivity contribution in [2.24, 2.45) is 5.92 Å². The van der Waals surface area contributed by atoms with E-state index in [4.69, 9.17) is 4.98 Å². The molecular formula is C25H29N5O3S. The number of anilines is 1. The average molecular weight is 480 g/mol. The van der Waals surface area contributed by atoms with Crippen LogP contribution in [0.1, 0.15) is 31.4 Å². The summed E-state index contributed by atoms with van der Waals surface area (Å²) >= 11 is 0. The monoisotopic (exact) mass is 479 g/mol. The minimum Gasteiger partial charge on any atom is -0.356 e. The van der Waals surface area contributed by atoms with Crippen molar-refractivity contribution in [2.45, 2.75) is 37.1 Å². The van der Waals surface area contributed by atoms with Gasteiger partial charge in [0.15, 0.2) is 0 Å². The zero-order chi connectivity index (χ0) is 23.5. The second-order valence-electron chi connectivity index (χ2n) is 8.96. The van der Waals surface area contributed by atoms with Crippen LogP contribution in [0.15, 0.2) is 59.6 Å². The number of amides is 1. The minimum atomic E-state index is -3.46. The molecule has 1 amide bonds. The summed E-state index contributed by atoms with van der Waals surface area (Å²) in [4.78, 5) is 24.3. The Morgan fingerprint density at radius 1 is 1.03 bits per heavy atom. The van der Waals surface area contributed by atoms with E-state index in [0.29, 0.717) is 31.1 Å². The van der Waals surface area contributed by atoms with Crippen molar-refractivity contribution in [3.8, 4) is 0 Å². The van der Waals surface area contributed by atoms with Gasteiger partial charge in [-0.2, -0.15) is 4.31 Å². The van der Waals surface area contributed by atoms with Gasteiger partial charge in [-0.15, -0.1) is 0 Å². The first kappa shape index (κ1) is 22.7. The van der Waals surface area contributed by atoms with Crippen molar-refractivity contribution in [2.75, 3.05) is 31.1 Å². The van der Waals surface area contributed by atoms with Crippen molar-refractivity contribution >= 4 is 32.7 Å². The molecular weight excluding hydrogens is 450 g/mol. The lowest BCUT2D eigenvalue weighted by molar-refractivity contribution is -0.125. The van der Waals surface area contributed by atoms with Crippen LogP contribution in [0.2, 0.25) is 0 Å². The first-order valence-electron chi connectivity index (χ1n) is 11.8. The summed E-state index contributed by atoms with van der Waals surface area (Å²) in [6.07, 6.45) is 5.30. The van der Waals surface area contributed by atoms with Crippen LogP contribution in [0.5, 0.6) is 0 Å². The van der Waals surface area contributed by atoms with E-state index < -0.39 is 10.0 Å². The quantitative estimate of drug-likeness (QED) is 0.584. The first-order valence-corrected chi connectivity index (χ1v) is 13.3. The number of hydrogen-bond acceptors (Lipinski definition) is 6. The number of pyridine rings is 2. The highest BCUT2D eigenvalue weighted by Gasteiger charge is 2.28. The Kier molecular flexibility index (Phi) is 6.47. The maximum absolute atomic E-state index is 12.9. The largest absolute Gasteiger partial charge is 0.356 e. The molecule has 4 heterocycles. The molecule has 34 heavy (non-hydrogen) atoms. The Labute approximate surface area is 200 Å². The summed E-state index contributed by atoms with van der Waals surface area (Å²) in [5, 5.41) is 3.80. The van der Waals surface area contributed by atoms with E-state index in [1.54, 1.807) is 28.7 Å². The van der Waals surface area contributed by atoms with Crippen LogP contribution in [0.25, 0.3) is 10.9 Å². The smallest absolute Gasteiger partial charge is 0.243 e. The number of rotatable bonds is 6. The minimum absolute atomic E-state index is 0.0351. The van der Waals surface area contributed by atoms with Gasteiger partial charge in [-0.25, -0.2) is 13.4 Å². The predicted octanol–water partition coefficient (Wildman–Crippen LogP) is 2.95. The number of aromatic nitrogens is 2. The van der Waals surface area contributed by atoms with Crippen molar-refractivity contribution in [3.63, 3.8) is 0 Å². The highest BCUT2D eigenvalue weighted by molar-refractivity contribution is 7.89. The number of hydrogen-bond donors (Lipinski definition) is 1. The summed E-state index contributed by atoms with van der Waals surface area (Å²) in [7, 11) is -3.46. The lowest BCUT2D eigenvalue weighted by Crippen LogP contribution is -2.43. The van der Waals surface area contributed by atoms with Crippen LogP contribution >= 0.6 is 0 Å². The SMILES string of the molecule is O=C(NCc1ccccn1)[C@H]1CCCN(c2ccc3cc(S(=O)(=O)N4CCCC4)ccc3n2)C1. The molecule has 1 aromatic carbocycles. The number of fused-ring (bicyclic) bond motifs is 1. The molecule has 1 N–H and O–H groups in total. The normalized spacial score (nSPS) is 19.4. The van der Waals surface area contributed by atoms with E-state index >= 15 is 0 Å². The summed E-state index contributed by atoms with van der Waals surface area (Å²) in [5.74, 6) is 0.737. The van der Waals surface area contributed by atoms with Gasteiger partial charge in [-0.1, -0.05) is 6.07 Å². The molecule has 2 aromatic heterocycles. The van der Waals surface area contributed by atoms with E-state index in [1.165, 1.54) is 0 Å². The van der Waals surface area contributed by atoms with Crippen LogP contribution in [-0.2, 0) is 21.4 Å². The van der Waals surface area contributed by atoms with Crippen LogP contribution < -0.4 is 10.2 Å². The highest BCUT2D eigenvalue weighted by atomic mass is 32.2. The third-order valence-electron chi connectivity index (χ3n) is 6.63. The van der Waals surface area contributed by atoms with E-state index in [2.05, 4.69) is 15.2 Å². The maximum Gasteiger partial charge on any atom is 0.243 e. The fourth-order valence-electron chi connectivity index (χ4n) is 4.73. The molecule has 0 aliphatic carbocycles. The summed E-state index contributed by atoms with van der Waals surface area (Å²) < 4.78 is 27.3. The zero-order valence-electron chi connectivity index (χ0n) is 19.1. The van der Waals surface area contributed by atoms with Gasteiger partial charge in [-0.05, 0) is 68.1 Å². The summed E-state index contributed by atoms with van der Waals surface area (Å²) in [5.41, 5.74) is 1.59. The molecule has 1 atom stereocenters. The second-order valence-corrected chi connectivity index (χ2v) is 10.9.